The molecule has 0 fully saturated rings. The van der Waals surface area contributed by atoms with Crippen molar-refractivity contribution in [1.82, 2.24) is 16.0 Å². The number of carbonyl (C=O) groups excluding carboxylic acids is 3. The fourth-order valence-electron chi connectivity index (χ4n) is 3.20. The molecule has 10 nitrogen and oxygen atoms in total. The Morgan fingerprint density at radius 3 is 2.27 bits per heavy atom. The predicted molar refractivity (Wildman–Crippen MR) is 125 cm³/mol. The van der Waals surface area contributed by atoms with E-state index in [1.54, 1.807) is 6.92 Å². The molecular formula is C23H37N5O5. The van der Waals surface area contributed by atoms with E-state index in [1.807, 2.05) is 37.3 Å². The molecule has 0 spiro atoms. The number of benzene rings is 1. The molecule has 0 heterocycles. The van der Waals surface area contributed by atoms with Gasteiger partial charge in [-0.1, -0.05) is 50.6 Å². The second-order valence-corrected chi connectivity index (χ2v) is 8.13. The first-order valence-electron chi connectivity index (χ1n) is 11.3. The zero-order valence-electron chi connectivity index (χ0n) is 19.4. The van der Waals surface area contributed by atoms with Gasteiger partial charge in [0.15, 0.2) is 0 Å². The van der Waals surface area contributed by atoms with Crippen molar-refractivity contribution in [3.8, 4) is 0 Å². The van der Waals surface area contributed by atoms with E-state index >= 15 is 0 Å². The average molecular weight is 464 g/mol. The summed E-state index contributed by atoms with van der Waals surface area (Å²) in [4.78, 5) is 48.8. The quantitative estimate of drug-likeness (QED) is 0.197. The van der Waals surface area contributed by atoms with E-state index in [0.29, 0.717) is 38.6 Å². The third-order valence-electron chi connectivity index (χ3n) is 5.43. The van der Waals surface area contributed by atoms with E-state index in [4.69, 9.17) is 11.5 Å². The fourth-order valence-corrected chi connectivity index (χ4v) is 3.20. The molecule has 4 atom stereocenters. The van der Waals surface area contributed by atoms with E-state index in [9.17, 15) is 24.3 Å². The first-order valence-corrected chi connectivity index (χ1v) is 11.3. The molecule has 0 aliphatic carbocycles. The molecule has 184 valence electrons. The number of hydrogen-bond donors (Lipinski definition) is 6. The van der Waals surface area contributed by atoms with Gasteiger partial charge in [0, 0.05) is 0 Å². The zero-order valence-corrected chi connectivity index (χ0v) is 19.4. The van der Waals surface area contributed by atoms with Crippen LogP contribution in [0.25, 0.3) is 0 Å². The predicted octanol–water partition coefficient (Wildman–Crippen LogP) is -0.0981. The number of aliphatic carboxylic acids is 1. The third kappa shape index (κ3) is 10.5. The van der Waals surface area contributed by atoms with Crippen LogP contribution >= 0.6 is 0 Å². The summed E-state index contributed by atoms with van der Waals surface area (Å²) in [5, 5.41) is 16.9. The summed E-state index contributed by atoms with van der Waals surface area (Å²) in [5.74, 6) is -3.04. The van der Waals surface area contributed by atoms with Gasteiger partial charge < -0.3 is 32.5 Å². The third-order valence-corrected chi connectivity index (χ3v) is 5.43. The maximum atomic E-state index is 12.7. The van der Waals surface area contributed by atoms with Crippen LogP contribution in [0.3, 0.4) is 0 Å². The average Bonchev–Trinajstić information content (AvgIpc) is 2.80. The highest BCUT2D eigenvalue weighted by atomic mass is 16.4. The Morgan fingerprint density at radius 1 is 1.03 bits per heavy atom. The SMILES string of the molecule is CCC(C)C(NC(=O)CNC(=O)C(CCCCN)NC(=O)C(N)Cc1ccccc1)C(=O)O. The summed E-state index contributed by atoms with van der Waals surface area (Å²) in [6.45, 7) is 3.59. The molecule has 1 aromatic rings. The number of unbranched alkanes of at least 4 members (excludes halogenated alkanes) is 1. The highest BCUT2D eigenvalue weighted by Crippen LogP contribution is 2.08. The lowest BCUT2D eigenvalue weighted by atomic mass is 9.99. The molecule has 1 aromatic carbocycles. The molecule has 10 heteroatoms. The Kier molecular flexibility index (Phi) is 12.7. The van der Waals surface area contributed by atoms with Gasteiger partial charge in [-0.15, -0.1) is 0 Å². The molecule has 0 aromatic heterocycles. The van der Waals surface area contributed by atoms with E-state index < -0.39 is 48.4 Å². The number of amides is 3. The number of rotatable bonds is 15. The highest BCUT2D eigenvalue weighted by molar-refractivity contribution is 5.92. The smallest absolute Gasteiger partial charge is 0.326 e. The first-order chi connectivity index (χ1) is 15.7. The van der Waals surface area contributed by atoms with E-state index in [-0.39, 0.29) is 5.92 Å². The fraction of sp³-hybridized carbons (Fsp3) is 0.565. The van der Waals surface area contributed by atoms with Gasteiger partial charge in [0.2, 0.25) is 17.7 Å². The van der Waals surface area contributed by atoms with Crippen molar-refractivity contribution in [3.63, 3.8) is 0 Å². The summed E-state index contributed by atoms with van der Waals surface area (Å²) in [5.41, 5.74) is 12.4. The van der Waals surface area contributed by atoms with Gasteiger partial charge in [-0.3, -0.25) is 14.4 Å². The second-order valence-electron chi connectivity index (χ2n) is 8.13. The van der Waals surface area contributed by atoms with Gasteiger partial charge in [0.1, 0.15) is 12.1 Å². The lowest BCUT2D eigenvalue weighted by Gasteiger charge is -2.22. The van der Waals surface area contributed by atoms with Crippen molar-refractivity contribution in [1.29, 1.82) is 0 Å². The molecule has 3 amide bonds. The van der Waals surface area contributed by atoms with Crippen LogP contribution in [-0.4, -0.2) is 60.0 Å². The monoisotopic (exact) mass is 463 g/mol. The summed E-state index contributed by atoms with van der Waals surface area (Å²) in [6, 6.07) is 6.52. The summed E-state index contributed by atoms with van der Waals surface area (Å²) in [6.07, 6.45) is 2.50. The van der Waals surface area contributed by atoms with E-state index in [0.717, 1.165) is 5.56 Å². The van der Waals surface area contributed by atoms with Gasteiger partial charge in [-0.2, -0.15) is 0 Å². The standard InChI is InChI=1S/C23H37N5O5/c1-3-15(2)20(23(32)33)28-19(29)14-26-22(31)18(11-7-8-12-24)27-21(30)17(25)13-16-9-5-4-6-10-16/h4-6,9-10,15,17-18,20H,3,7-8,11-14,24-25H2,1-2H3,(H,26,31)(H,27,30)(H,28,29)(H,32,33). The largest absolute Gasteiger partial charge is 0.480 e. The lowest BCUT2D eigenvalue weighted by molar-refractivity contribution is -0.143. The molecule has 1 rings (SSSR count). The minimum absolute atomic E-state index is 0.267. The van der Waals surface area contributed by atoms with Crippen molar-refractivity contribution < 1.29 is 24.3 Å². The van der Waals surface area contributed by atoms with Crippen LogP contribution in [0, 0.1) is 5.92 Å². The van der Waals surface area contributed by atoms with Crippen LogP contribution in [0.2, 0.25) is 0 Å². The van der Waals surface area contributed by atoms with Gasteiger partial charge in [0.05, 0.1) is 12.6 Å². The number of nitrogens with one attached hydrogen (secondary N) is 3. The molecule has 33 heavy (non-hydrogen) atoms. The number of carboxylic acids is 1. The Hall–Kier alpha value is -2.98. The number of hydrogen-bond acceptors (Lipinski definition) is 6. The Labute approximate surface area is 194 Å². The highest BCUT2D eigenvalue weighted by Gasteiger charge is 2.27. The number of nitrogens with two attached hydrogens (primary N) is 2. The van der Waals surface area contributed by atoms with Crippen LogP contribution in [0.4, 0.5) is 0 Å². The molecule has 0 saturated carbocycles. The maximum Gasteiger partial charge on any atom is 0.326 e. The van der Waals surface area contributed by atoms with Crippen molar-refractivity contribution >= 4 is 23.7 Å². The maximum absolute atomic E-state index is 12.7. The molecule has 0 bridgehead atoms. The van der Waals surface area contributed by atoms with E-state index in [2.05, 4.69) is 16.0 Å². The van der Waals surface area contributed by atoms with Gasteiger partial charge >= 0.3 is 5.97 Å². The van der Waals surface area contributed by atoms with Crippen LogP contribution in [0.1, 0.15) is 45.1 Å². The molecule has 0 aliphatic rings. The Balaban J connectivity index is 2.68. The topological polar surface area (TPSA) is 177 Å². The van der Waals surface area contributed by atoms with Crippen molar-refractivity contribution in [2.45, 2.75) is 64.1 Å². The molecule has 8 N–H and O–H groups in total. The number of carbonyl (C=O) groups is 4. The number of carboxylic acid groups (broad SMARTS) is 1. The van der Waals surface area contributed by atoms with Crippen LogP contribution in [0.15, 0.2) is 30.3 Å². The summed E-state index contributed by atoms with van der Waals surface area (Å²) < 4.78 is 0. The van der Waals surface area contributed by atoms with Gasteiger partial charge in [-0.25, -0.2) is 4.79 Å². The zero-order chi connectivity index (χ0) is 24.8. The van der Waals surface area contributed by atoms with Crippen molar-refractivity contribution in [2.24, 2.45) is 17.4 Å². The normalized spacial score (nSPS) is 14.4. The summed E-state index contributed by atoms with van der Waals surface area (Å²) in [7, 11) is 0. The van der Waals surface area contributed by atoms with E-state index in [1.165, 1.54) is 0 Å². The minimum Gasteiger partial charge on any atom is -0.480 e. The Morgan fingerprint density at radius 2 is 1.70 bits per heavy atom. The molecule has 4 unspecified atom stereocenters. The van der Waals surface area contributed by atoms with Crippen LogP contribution < -0.4 is 27.4 Å². The van der Waals surface area contributed by atoms with Crippen molar-refractivity contribution in [3.05, 3.63) is 35.9 Å². The molecular weight excluding hydrogens is 426 g/mol. The Bertz CT molecular complexity index is 774. The van der Waals surface area contributed by atoms with Crippen LogP contribution in [0.5, 0.6) is 0 Å². The van der Waals surface area contributed by atoms with Crippen LogP contribution in [-0.2, 0) is 25.6 Å². The second kappa shape index (κ2) is 15.0. The lowest BCUT2D eigenvalue weighted by Crippen LogP contribution is -2.54. The molecule has 0 aliphatic heterocycles. The molecule has 0 radical (unpaired) electrons. The van der Waals surface area contributed by atoms with Crippen molar-refractivity contribution in [2.75, 3.05) is 13.1 Å². The van der Waals surface area contributed by atoms with Gasteiger partial charge in [0.25, 0.3) is 0 Å². The van der Waals surface area contributed by atoms with Gasteiger partial charge in [-0.05, 0) is 43.7 Å². The molecule has 0 saturated heterocycles. The minimum atomic E-state index is -1.14. The summed E-state index contributed by atoms with van der Waals surface area (Å²) >= 11 is 0. The first kappa shape index (κ1) is 28.1.